The maximum absolute atomic E-state index is 14.2. The molecule has 144 valence electrons. The Labute approximate surface area is 144 Å². The minimum Gasteiger partial charge on any atom is -0.380 e. The van der Waals surface area contributed by atoms with E-state index in [-0.39, 0.29) is 0 Å². The molecule has 0 bridgehead atoms. The largest absolute Gasteiger partial charge is 0.380 e. The molecule has 26 heavy (non-hydrogen) atoms. The Morgan fingerprint density at radius 1 is 1.27 bits per heavy atom. The molecule has 0 spiro atoms. The van der Waals surface area contributed by atoms with Crippen molar-refractivity contribution in [1.29, 1.82) is 0 Å². The van der Waals surface area contributed by atoms with Gasteiger partial charge in [-0.1, -0.05) is 6.07 Å². The van der Waals surface area contributed by atoms with Gasteiger partial charge >= 0.3 is 12.3 Å². The summed E-state index contributed by atoms with van der Waals surface area (Å²) in [5.74, 6) is -6.54. The second kappa shape index (κ2) is 7.62. The molecule has 2 atom stereocenters. The van der Waals surface area contributed by atoms with Crippen LogP contribution in [-0.2, 0) is 16.9 Å². The Kier molecular flexibility index (Phi) is 5.91. The van der Waals surface area contributed by atoms with Crippen molar-refractivity contribution in [2.24, 2.45) is 0 Å². The maximum atomic E-state index is 14.2. The van der Waals surface area contributed by atoms with Crippen LogP contribution in [0.1, 0.15) is 12.5 Å². The number of ether oxygens (including phenoxy) is 1. The Morgan fingerprint density at radius 2 is 1.96 bits per heavy atom. The van der Waals surface area contributed by atoms with Gasteiger partial charge < -0.3 is 9.84 Å². The fourth-order valence-corrected chi connectivity index (χ4v) is 2.27. The van der Waals surface area contributed by atoms with Gasteiger partial charge in [-0.25, -0.2) is 27.2 Å². The van der Waals surface area contributed by atoms with E-state index in [0.29, 0.717) is 6.07 Å². The number of hydrogen-bond donors (Lipinski definition) is 1. The quantitative estimate of drug-likeness (QED) is 0.713. The Hall–Kier alpha value is -2.14. The minimum atomic E-state index is -4.45. The highest BCUT2D eigenvalue weighted by Crippen LogP contribution is 2.33. The van der Waals surface area contributed by atoms with E-state index < -0.39 is 54.4 Å². The van der Waals surface area contributed by atoms with E-state index in [2.05, 4.69) is 10.1 Å². The van der Waals surface area contributed by atoms with Gasteiger partial charge in [0.2, 0.25) is 0 Å². The zero-order valence-corrected chi connectivity index (χ0v) is 13.4. The first-order valence-corrected chi connectivity index (χ1v) is 7.34. The van der Waals surface area contributed by atoms with E-state index >= 15 is 0 Å². The molecule has 2 aromatic rings. The van der Waals surface area contributed by atoms with E-state index in [0.717, 1.165) is 36.4 Å². The Bertz CT molecular complexity index is 728. The minimum absolute atomic E-state index is 0.470. The molecule has 0 saturated carbocycles. The van der Waals surface area contributed by atoms with Gasteiger partial charge in [-0.3, -0.25) is 0 Å². The van der Waals surface area contributed by atoms with Crippen molar-refractivity contribution >= 4 is 0 Å². The topological polar surface area (TPSA) is 60.2 Å². The molecule has 1 aromatic carbocycles. The molecule has 1 N–H and O–H groups in total. The van der Waals surface area contributed by atoms with Gasteiger partial charge in [0.1, 0.15) is 36.5 Å². The van der Waals surface area contributed by atoms with Gasteiger partial charge in [-0.15, -0.1) is 0 Å². The SMILES string of the molecule is CC(OCC(F)(F)C(F)F)C(O)(Cn1cncn1)c1ccc(F)cc1F. The van der Waals surface area contributed by atoms with Crippen LogP contribution in [0.2, 0.25) is 0 Å². The molecule has 1 heterocycles. The van der Waals surface area contributed by atoms with Crippen molar-refractivity contribution in [3.05, 3.63) is 48.1 Å². The average Bonchev–Trinajstić information content (AvgIpc) is 3.04. The number of aliphatic hydroxyl groups is 1. The van der Waals surface area contributed by atoms with Crippen LogP contribution in [0.3, 0.4) is 0 Å². The summed E-state index contributed by atoms with van der Waals surface area (Å²) < 4.78 is 83.9. The predicted octanol–water partition coefficient (Wildman–Crippen LogP) is 2.75. The first-order chi connectivity index (χ1) is 12.1. The highest BCUT2D eigenvalue weighted by molar-refractivity contribution is 5.26. The van der Waals surface area contributed by atoms with Crippen LogP contribution in [-0.4, -0.2) is 44.9 Å². The van der Waals surface area contributed by atoms with Crippen molar-refractivity contribution < 1.29 is 36.2 Å². The second-order valence-electron chi connectivity index (χ2n) is 5.66. The average molecular weight is 383 g/mol. The van der Waals surface area contributed by atoms with Crippen LogP contribution >= 0.6 is 0 Å². The zero-order chi connectivity index (χ0) is 19.5. The zero-order valence-electron chi connectivity index (χ0n) is 13.4. The lowest BCUT2D eigenvalue weighted by atomic mass is 9.88. The first kappa shape index (κ1) is 20.2. The van der Waals surface area contributed by atoms with Crippen molar-refractivity contribution in [1.82, 2.24) is 14.8 Å². The summed E-state index contributed by atoms with van der Waals surface area (Å²) in [6.07, 6.45) is -3.28. The molecule has 0 fully saturated rings. The summed E-state index contributed by atoms with van der Waals surface area (Å²) in [5.41, 5.74) is -2.79. The lowest BCUT2D eigenvalue weighted by molar-refractivity contribution is -0.201. The predicted molar refractivity (Wildman–Crippen MR) is 76.6 cm³/mol. The first-order valence-electron chi connectivity index (χ1n) is 7.34. The van der Waals surface area contributed by atoms with Crippen LogP contribution in [0.15, 0.2) is 30.9 Å². The number of hydrogen-bond acceptors (Lipinski definition) is 4. The number of aromatic nitrogens is 3. The summed E-state index contributed by atoms with van der Waals surface area (Å²) in [5, 5.41) is 14.6. The highest BCUT2D eigenvalue weighted by Gasteiger charge is 2.45. The van der Waals surface area contributed by atoms with Gasteiger partial charge in [0.15, 0.2) is 0 Å². The van der Waals surface area contributed by atoms with Crippen molar-refractivity contribution in [2.45, 2.75) is 37.5 Å². The molecule has 2 rings (SSSR count). The number of halogens is 6. The number of alkyl halides is 4. The van der Waals surface area contributed by atoms with Gasteiger partial charge in [0.25, 0.3) is 0 Å². The third-order valence-corrected chi connectivity index (χ3v) is 3.78. The Balaban J connectivity index is 2.33. The third-order valence-electron chi connectivity index (χ3n) is 3.78. The second-order valence-corrected chi connectivity index (χ2v) is 5.66. The Morgan fingerprint density at radius 3 is 2.50 bits per heavy atom. The molecule has 11 heteroatoms. The standard InChI is InChI=1S/C15H15F6N3O2/c1-9(26-6-15(20,21)13(18)19)14(25,5-24-8-22-7-23-24)11-3-2-10(16)4-12(11)17/h2-4,7-9,13,25H,5-6H2,1H3. The molecule has 0 radical (unpaired) electrons. The summed E-state index contributed by atoms with van der Waals surface area (Å²) in [6.45, 7) is -1.10. The number of benzene rings is 1. The van der Waals surface area contributed by atoms with E-state index in [9.17, 15) is 31.4 Å². The van der Waals surface area contributed by atoms with Gasteiger partial charge in [-0.05, 0) is 13.0 Å². The molecule has 0 aliphatic rings. The monoisotopic (exact) mass is 383 g/mol. The fraction of sp³-hybridized carbons (Fsp3) is 0.467. The van der Waals surface area contributed by atoms with Crippen LogP contribution < -0.4 is 0 Å². The molecule has 2 unspecified atom stereocenters. The van der Waals surface area contributed by atoms with Gasteiger partial charge in [-0.2, -0.15) is 13.9 Å². The molecule has 0 aliphatic heterocycles. The molecule has 1 aromatic heterocycles. The molecule has 5 nitrogen and oxygen atoms in total. The van der Waals surface area contributed by atoms with Gasteiger partial charge in [0.05, 0.1) is 12.6 Å². The lowest BCUT2D eigenvalue weighted by Crippen LogP contribution is -2.46. The van der Waals surface area contributed by atoms with E-state index in [1.54, 1.807) is 0 Å². The maximum Gasteiger partial charge on any atom is 0.330 e. The molecular weight excluding hydrogens is 368 g/mol. The van der Waals surface area contributed by atoms with Gasteiger partial charge in [0, 0.05) is 11.6 Å². The fourth-order valence-electron chi connectivity index (χ4n) is 2.27. The van der Waals surface area contributed by atoms with Crippen molar-refractivity contribution in [2.75, 3.05) is 6.61 Å². The van der Waals surface area contributed by atoms with Crippen molar-refractivity contribution in [3.63, 3.8) is 0 Å². The normalized spacial score (nSPS) is 15.9. The molecular formula is C15H15F6N3O2. The van der Waals surface area contributed by atoms with Crippen LogP contribution in [0.25, 0.3) is 0 Å². The smallest absolute Gasteiger partial charge is 0.330 e. The van der Waals surface area contributed by atoms with E-state index in [1.165, 1.54) is 0 Å². The third kappa shape index (κ3) is 4.33. The number of rotatable bonds is 8. The molecule has 0 amide bonds. The highest BCUT2D eigenvalue weighted by atomic mass is 19.3. The van der Waals surface area contributed by atoms with E-state index in [4.69, 9.17) is 4.74 Å². The van der Waals surface area contributed by atoms with Crippen LogP contribution in [0, 0.1) is 11.6 Å². The molecule has 0 aliphatic carbocycles. The summed E-state index contributed by atoms with van der Waals surface area (Å²) in [4.78, 5) is 3.63. The summed E-state index contributed by atoms with van der Waals surface area (Å²) >= 11 is 0. The van der Waals surface area contributed by atoms with Crippen LogP contribution in [0.4, 0.5) is 26.3 Å². The number of nitrogens with zero attached hydrogens (tertiary/aromatic N) is 3. The van der Waals surface area contributed by atoms with Crippen molar-refractivity contribution in [3.8, 4) is 0 Å². The molecule has 0 saturated heterocycles. The van der Waals surface area contributed by atoms with Crippen LogP contribution in [0.5, 0.6) is 0 Å². The summed E-state index contributed by atoms with van der Waals surface area (Å²) in [6, 6.07) is 2.25. The summed E-state index contributed by atoms with van der Waals surface area (Å²) in [7, 11) is 0. The lowest BCUT2D eigenvalue weighted by Gasteiger charge is -2.35. The van der Waals surface area contributed by atoms with E-state index in [1.807, 2.05) is 0 Å².